The van der Waals surface area contributed by atoms with Crippen LogP contribution in [0.4, 0.5) is 5.69 Å². The number of thiophene rings is 1. The summed E-state index contributed by atoms with van der Waals surface area (Å²) in [7, 11) is 3.03. The second-order valence-electron chi connectivity index (χ2n) is 4.26. The van der Waals surface area contributed by atoms with E-state index in [1.54, 1.807) is 0 Å². The van der Waals surface area contributed by atoms with Gasteiger partial charge in [-0.3, -0.25) is 4.79 Å². The Kier molecular flexibility index (Phi) is 4.53. The molecule has 2 rings (SSSR count). The van der Waals surface area contributed by atoms with Gasteiger partial charge in [-0.1, -0.05) is 0 Å². The van der Waals surface area contributed by atoms with E-state index in [1.165, 1.54) is 25.6 Å². The van der Waals surface area contributed by atoms with Gasteiger partial charge in [-0.2, -0.15) is 0 Å². The third kappa shape index (κ3) is 2.90. The topological polar surface area (TPSA) is 86.5 Å². The van der Waals surface area contributed by atoms with Crippen molar-refractivity contribution in [3.8, 4) is 0 Å². The summed E-state index contributed by atoms with van der Waals surface area (Å²) in [5.74, 6) is -0.248. The highest BCUT2D eigenvalue weighted by atomic mass is 32.1. The molecule has 6 nitrogen and oxygen atoms in total. The second-order valence-corrected chi connectivity index (χ2v) is 5.26. The molecular weight excluding hydrogens is 278 g/mol. The molecule has 2 aromatic rings. The number of pyridine rings is 1. The van der Waals surface area contributed by atoms with Crippen LogP contribution in [0.5, 0.6) is 0 Å². The van der Waals surface area contributed by atoms with Crippen molar-refractivity contribution < 1.29 is 14.3 Å². The van der Waals surface area contributed by atoms with Crippen LogP contribution in [-0.2, 0) is 9.47 Å². The Balaban J connectivity index is 2.20. The minimum atomic E-state index is -0.477. The van der Waals surface area contributed by atoms with Gasteiger partial charge in [0.05, 0.1) is 12.2 Å². The van der Waals surface area contributed by atoms with E-state index in [0.717, 1.165) is 15.9 Å². The van der Waals surface area contributed by atoms with Gasteiger partial charge in [0.15, 0.2) is 6.29 Å². The molecular formula is C13H17N3O3S. The lowest BCUT2D eigenvalue weighted by Crippen LogP contribution is -2.34. The maximum absolute atomic E-state index is 12.1. The van der Waals surface area contributed by atoms with Gasteiger partial charge < -0.3 is 20.5 Å². The molecule has 0 saturated carbocycles. The number of hydrogen-bond donors (Lipinski definition) is 2. The van der Waals surface area contributed by atoms with E-state index < -0.39 is 6.29 Å². The molecule has 2 heterocycles. The van der Waals surface area contributed by atoms with Crippen molar-refractivity contribution in [3.63, 3.8) is 0 Å². The van der Waals surface area contributed by atoms with E-state index in [0.29, 0.717) is 10.6 Å². The summed E-state index contributed by atoms with van der Waals surface area (Å²) in [5.41, 5.74) is 7.36. The van der Waals surface area contributed by atoms with Crippen molar-refractivity contribution in [2.75, 3.05) is 26.5 Å². The first-order chi connectivity index (χ1) is 9.56. The first-order valence-electron chi connectivity index (χ1n) is 6.06. The zero-order chi connectivity index (χ0) is 14.7. The lowest BCUT2D eigenvalue weighted by Gasteiger charge is -2.13. The number of nitrogens with one attached hydrogen (secondary N) is 1. The van der Waals surface area contributed by atoms with Crippen LogP contribution in [-0.4, -0.2) is 37.9 Å². The average molecular weight is 295 g/mol. The Morgan fingerprint density at radius 2 is 2.15 bits per heavy atom. The molecule has 20 heavy (non-hydrogen) atoms. The molecule has 2 aromatic heterocycles. The minimum Gasteiger partial charge on any atom is -0.397 e. The number of carbonyl (C=O) groups excluding carboxylic acids is 1. The first kappa shape index (κ1) is 14.7. The van der Waals surface area contributed by atoms with E-state index in [-0.39, 0.29) is 12.5 Å². The number of nitrogens with zero attached hydrogens (tertiary/aromatic N) is 1. The molecule has 0 saturated heterocycles. The molecule has 0 aliphatic carbocycles. The number of carbonyl (C=O) groups is 1. The van der Waals surface area contributed by atoms with Crippen LogP contribution in [0, 0.1) is 6.92 Å². The molecule has 0 radical (unpaired) electrons. The molecule has 0 aliphatic rings. The summed E-state index contributed by atoms with van der Waals surface area (Å²) in [6.07, 6.45) is -0.477. The molecule has 0 spiro atoms. The number of methoxy groups -OCH3 is 2. The second kappa shape index (κ2) is 6.17. The van der Waals surface area contributed by atoms with Gasteiger partial charge >= 0.3 is 0 Å². The molecule has 0 fully saturated rings. The van der Waals surface area contributed by atoms with Crippen molar-refractivity contribution in [3.05, 3.63) is 22.7 Å². The Morgan fingerprint density at radius 1 is 1.45 bits per heavy atom. The third-order valence-electron chi connectivity index (χ3n) is 2.89. The fourth-order valence-electron chi connectivity index (χ4n) is 1.78. The van der Waals surface area contributed by atoms with Gasteiger partial charge in [0.25, 0.3) is 5.91 Å². The molecule has 0 atom stereocenters. The van der Waals surface area contributed by atoms with Gasteiger partial charge in [-0.15, -0.1) is 11.3 Å². The zero-order valence-electron chi connectivity index (χ0n) is 11.6. The predicted octanol–water partition coefficient (Wildman–Crippen LogP) is 1.54. The normalized spacial score (nSPS) is 11.2. The average Bonchev–Trinajstić information content (AvgIpc) is 2.76. The number of ether oxygens (including phenoxy) is 2. The maximum atomic E-state index is 12.1. The number of aromatic nitrogens is 1. The number of nitrogen functional groups attached to an aromatic ring is 1. The Morgan fingerprint density at radius 3 is 2.80 bits per heavy atom. The third-order valence-corrected chi connectivity index (χ3v) is 4.01. The quantitative estimate of drug-likeness (QED) is 0.817. The van der Waals surface area contributed by atoms with Crippen LogP contribution in [0.1, 0.15) is 15.4 Å². The maximum Gasteiger partial charge on any atom is 0.263 e. The highest BCUT2D eigenvalue weighted by molar-refractivity contribution is 7.21. The molecule has 0 bridgehead atoms. The molecule has 3 N–H and O–H groups in total. The number of fused-ring (bicyclic) bond motifs is 1. The van der Waals surface area contributed by atoms with Gasteiger partial charge in [0.1, 0.15) is 9.71 Å². The van der Waals surface area contributed by atoms with Crippen molar-refractivity contribution >= 4 is 33.1 Å². The van der Waals surface area contributed by atoms with Crippen molar-refractivity contribution in [1.82, 2.24) is 10.3 Å². The van der Waals surface area contributed by atoms with Crippen LogP contribution in [0.15, 0.2) is 12.1 Å². The fourth-order valence-corrected chi connectivity index (χ4v) is 2.83. The number of anilines is 1. The van der Waals surface area contributed by atoms with Gasteiger partial charge in [-0.05, 0) is 19.1 Å². The number of nitrogens with two attached hydrogens (primary N) is 1. The summed E-state index contributed by atoms with van der Waals surface area (Å²) >= 11 is 1.28. The fraction of sp³-hybridized carbons (Fsp3) is 0.385. The Labute approximate surface area is 120 Å². The standard InChI is InChI=1S/C13H17N3O3S/c1-7-4-5-8-10(14)11(20-13(8)16-7)12(17)15-6-9(18-2)19-3/h4-5,9H,6,14H2,1-3H3,(H,15,17). The molecule has 7 heteroatoms. The van der Waals surface area contributed by atoms with E-state index in [1.807, 2.05) is 19.1 Å². The summed E-state index contributed by atoms with van der Waals surface area (Å²) in [5, 5.41) is 3.54. The van der Waals surface area contributed by atoms with Gasteiger partial charge in [0.2, 0.25) is 0 Å². The number of aryl methyl sites for hydroxylation is 1. The van der Waals surface area contributed by atoms with Crippen LogP contribution in [0.25, 0.3) is 10.2 Å². The van der Waals surface area contributed by atoms with E-state index >= 15 is 0 Å². The molecule has 108 valence electrons. The summed E-state index contributed by atoms with van der Waals surface area (Å²) in [4.78, 5) is 17.7. The number of rotatable bonds is 5. The zero-order valence-corrected chi connectivity index (χ0v) is 12.4. The number of amides is 1. The molecule has 0 unspecified atom stereocenters. The minimum absolute atomic E-state index is 0.248. The summed E-state index contributed by atoms with van der Waals surface area (Å²) in [6.45, 7) is 2.16. The molecule has 0 aliphatic heterocycles. The summed E-state index contributed by atoms with van der Waals surface area (Å²) in [6, 6.07) is 3.76. The smallest absolute Gasteiger partial charge is 0.263 e. The van der Waals surface area contributed by atoms with Crippen molar-refractivity contribution in [1.29, 1.82) is 0 Å². The highest BCUT2D eigenvalue weighted by Crippen LogP contribution is 2.32. The predicted molar refractivity (Wildman–Crippen MR) is 78.9 cm³/mol. The van der Waals surface area contributed by atoms with Crippen LogP contribution < -0.4 is 11.1 Å². The van der Waals surface area contributed by atoms with Crippen molar-refractivity contribution in [2.45, 2.75) is 13.2 Å². The van der Waals surface area contributed by atoms with Crippen molar-refractivity contribution in [2.24, 2.45) is 0 Å². The van der Waals surface area contributed by atoms with E-state index in [2.05, 4.69) is 10.3 Å². The molecule has 1 amide bonds. The van der Waals surface area contributed by atoms with Crippen LogP contribution >= 0.6 is 11.3 Å². The lowest BCUT2D eigenvalue weighted by atomic mass is 10.2. The first-order valence-corrected chi connectivity index (χ1v) is 6.88. The largest absolute Gasteiger partial charge is 0.397 e. The van der Waals surface area contributed by atoms with E-state index in [9.17, 15) is 4.79 Å². The van der Waals surface area contributed by atoms with E-state index in [4.69, 9.17) is 15.2 Å². The SMILES string of the molecule is COC(CNC(=O)c1sc2nc(C)ccc2c1N)OC. The van der Waals surface area contributed by atoms with Crippen LogP contribution in [0.3, 0.4) is 0 Å². The Bertz CT molecular complexity index is 623. The monoisotopic (exact) mass is 295 g/mol. The lowest BCUT2D eigenvalue weighted by molar-refractivity contribution is -0.0974. The number of hydrogen-bond acceptors (Lipinski definition) is 6. The Hall–Kier alpha value is -1.70. The summed E-state index contributed by atoms with van der Waals surface area (Å²) < 4.78 is 10.0. The molecule has 0 aromatic carbocycles. The van der Waals surface area contributed by atoms with Gasteiger partial charge in [0, 0.05) is 25.3 Å². The van der Waals surface area contributed by atoms with Crippen LogP contribution in [0.2, 0.25) is 0 Å². The highest BCUT2D eigenvalue weighted by Gasteiger charge is 2.18. The van der Waals surface area contributed by atoms with Gasteiger partial charge in [-0.25, -0.2) is 4.98 Å².